The Hall–Kier alpha value is -4.29. The standard InChI is InChI=1S/C32H32F5N5O2/c1-21-29(40-16-14-39(15-17-40)18-22-10-12-24(13-11-22)32(35,36)37)30(43)42(20-28(38)23-6-3-2-4-7-23)31(44)41(21)19-25-26(33)8-5-9-27(25)34/h2-13,28H,14-20,38H2,1H3/t28-/m1/s1. The molecule has 0 amide bonds. The number of hydrogen-bond acceptors (Lipinski definition) is 5. The molecular formula is C32H32F5N5O2. The molecule has 232 valence electrons. The maximum absolute atomic E-state index is 14.7. The van der Waals surface area contributed by atoms with Crippen LogP contribution in [0.25, 0.3) is 0 Å². The van der Waals surface area contributed by atoms with Gasteiger partial charge in [0.25, 0.3) is 5.56 Å². The number of nitrogens with two attached hydrogens (primary N) is 1. The summed E-state index contributed by atoms with van der Waals surface area (Å²) in [6.07, 6.45) is -4.41. The molecule has 0 unspecified atom stereocenters. The SMILES string of the molecule is Cc1c(N2CCN(Cc3ccc(C(F)(F)F)cc3)CC2)c(=O)n(C[C@@H](N)c2ccccc2)c(=O)n1Cc1c(F)cccc1F. The molecule has 0 saturated carbocycles. The van der Waals surface area contributed by atoms with Crippen LogP contribution in [0.2, 0.25) is 0 Å². The van der Waals surface area contributed by atoms with Crippen molar-refractivity contribution in [2.45, 2.75) is 38.8 Å². The lowest BCUT2D eigenvalue weighted by Crippen LogP contribution is -2.51. The highest BCUT2D eigenvalue weighted by atomic mass is 19.4. The van der Waals surface area contributed by atoms with E-state index in [1.807, 2.05) is 11.0 Å². The number of benzene rings is 3. The van der Waals surface area contributed by atoms with Crippen LogP contribution in [0.1, 0.15) is 34.0 Å². The summed E-state index contributed by atoms with van der Waals surface area (Å²) in [5.74, 6) is -1.62. The minimum Gasteiger partial charge on any atom is -0.363 e. The zero-order valence-electron chi connectivity index (χ0n) is 24.0. The van der Waals surface area contributed by atoms with Gasteiger partial charge in [0.2, 0.25) is 0 Å². The lowest BCUT2D eigenvalue weighted by atomic mass is 10.1. The van der Waals surface area contributed by atoms with Gasteiger partial charge in [-0.15, -0.1) is 0 Å². The predicted octanol–water partition coefficient (Wildman–Crippen LogP) is 4.69. The molecule has 1 saturated heterocycles. The van der Waals surface area contributed by atoms with Gasteiger partial charge in [-0.1, -0.05) is 48.5 Å². The van der Waals surface area contributed by atoms with Gasteiger partial charge < -0.3 is 10.6 Å². The van der Waals surface area contributed by atoms with E-state index < -0.39 is 47.2 Å². The van der Waals surface area contributed by atoms with Crippen LogP contribution in [-0.2, 0) is 25.8 Å². The van der Waals surface area contributed by atoms with Crippen molar-refractivity contribution in [3.63, 3.8) is 0 Å². The molecule has 1 aromatic heterocycles. The molecule has 1 atom stereocenters. The highest BCUT2D eigenvalue weighted by Crippen LogP contribution is 2.29. The van der Waals surface area contributed by atoms with E-state index in [1.54, 1.807) is 31.2 Å². The van der Waals surface area contributed by atoms with E-state index in [2.05, 4.69) is 4.90 Å². The lowest BCUT2D eigenvalue weighted by molar-refractivity contribution is -0.137. The van der Waals surface area contributed by atoms with Gasteiger partial charge in [-0.05, 0) is 42.3 Å². The Morgan fingerprint density at radius 3 is 2.00 bits per heavy atom. The minimum absolute atomic E-state index is 0.150. The summed E-state index contributed by atoms with van der Waals surface area (Å²) in [4.78, 5) is 31.5. The first-order valence-corrected chi connectivity index (χ1v) is 14.1. The average Bonchev–Trinajstić information content (AvgIpc) is 3.00. The third-order valence-electron chi connectivity index (χ3n) is 8.02. The second-order valence-corrected chi connectivity index (χ2v) is 10.9. The maximum atomic E-state index is 14.7. The van der Waals surface area contributed by atoms with Crippen LogP contribution in [0, 0.1) is 18.6 Å². The van der Waals surface area contributed by atoms with Gasteiger partial charge in [-0.3, -0.25) is 18.8 Å². The Bertz CT molecular complexity index is 1710. The number of aromatic nitrogens is 2. The highest BCUT2D eigenvalue weighted by Gasteiger charge is 2.30. The first kappa shape index (κ1) is 31.1. The van der Waals surface area contributed by atoms with Crippen molar-refractivity contribution in [3.8, 4) is 0 Å². The molecule has 44 heavy (non-hydrogen) atoms. The van der Waals surface area contributed by atoms with Crippen LogP contribution in [0.5, 0.6) is 0 Å². The molecule has 2 heterocycles. The molecule has 5 rings (SSSR count). The maximum Gasteiger partial charge on any atom is 0.416 e. The first-order valence-electron chi connectivity index (χ1n) is 14.1. The highest BCUT2D eigenvalue weighted by molar-refractivity contribution is 5.50. The van der Waals surface area contributed by atoms with Crippen LogP contribution < -0.4 is 21.9 Å². The predicted molar refractivity (Wildman–Crippen MR) is 157 cm³/mol. The molecule has 1 aliphatic heterocycles. The summed E-state index contributed by atoms with van der Waals surface area (Å²) in [6.45, 7) is 3.17. The minimum atomic E-state index is -4.41. The first-order chi connectivity index (χ1) is 20.9. The fourth-order valence-electron chi connectivity index (χ4n) is 5.53. The summed E-state index contributed by atoms with van der Waals surface area (Å²) in [5.41, 5.74) is 6.03. The summed E-state index contributed by atoms with van der Waals surface area (Å²) >= 11 is 0. The average molecular weight is 614 g/mol. The van der Waals surface area contributed by atoms with Gasteiger partial charge in [0, 0.05) is 50.0 Å². The Morgan fingerprint density at radius 2 is 1.41 bits per heavy atom. The van der Waals surface area contributed by atoms with Crippen LogP contribution in [0.3, 0.4) is 0 Å². The van der Waals surface area contributed by atoms with Crippen LogP contribution >= 0.6 is 0 Å². The lowest BCUT2D eigenvalue weighted by Gasteiger charge is -2.37. The Balaban J connectivity index is 1.45. The molecule has 4 aromatic rings. The Morgan fingerprint density at radius 1 is 0.795 bits per heavy atom. The van der Waals surface area contributed by atoms with Crippen molar-refractivity contribution in [3.05, 3.63) is 133 Å². The summed E-state index contributed by atoms with van der Waals surface area (Å²) in [5, 5.41) is 0. The quantitative estimate of drug-likeness (QED) is 0.292. The zero-order chi connectivity index (χ0) is 31.6. The van der Waals surface area contributed by atoms with Gasteiger partial charge in [0.15, 0.2) is 0 Å². The Labute approximate surface area is 250 Å². The van der Waals surface area contributed by atoms with Crippen molar-refractivity contribution in [2.24, 2.45) is 5.73 Å². The second kappa shape index (κ2) is 12.7. The molecule has 1 aliphatic rings. The van der Waals surface area contributed by atoms with Crippen molar-refractivity contribution in [1.82, 2.24) is 14.0 Å². The van der Waals surface area contributed by atoms with Crippen molar-refractivity contribution in [1.29, 1.82) is 0 Å². The molecule has 0 spiro atoms. The van der Waals surface area contributed by atoms with Gasteiger partial charge in [-0.2, -0.15) is 13.2 Å². The molecule has 0 bridgehead atoms. The molecular weight excluding hydrogens is 581 g/mol. The van der Waals surface area contributed by atoms with Gasteiger partial charge >= 0.3 is 11.9 Å². The normalized spacial score (nSPS) is 15.0. The van der Waals surface area contributed by atoms with E-state index in [0.29, 0.717) is 38.3 Å². The van der Waals surface area contributed by atoms with Crippen molar-refractivity contribution < 1.29 is 22.0 Å². The largest absolute Gasteiger partial charge is 0.416 e. The molecule has 7 nitrogen and oxygen atoms in total. The third kappa shape index (κ3) is 6.61. The second-order valence-electron chi connectivity index (χ2n) is 10.9. The van der Waals surface area contributed by atoms with E-state index in [1.165, 1.54) is 22.8 Å². The number of rotatable bonds is 8. The fourth-order valence-corrected chi connectivity index (χ4v) is 5.53. The van der Waals surface area contributed by atoms with E-state index in [-0.39, 0.29) is 23.5 Å². The number of piperazine rings is 1. The van der Waals surface area contributed by atoms with Crippen LogP contribution in [0.4, 0.5) is 27.6 Å². The Kier molecular flexibility index (Phi) is 9.02. The van der Waals surface area contributed by atoms with E-state index in [4.69, 9.17) is 5.73 Å². The van der Waals surface area contributed by atoms with Crippen LogP contribution in [-0.4, -0.2) is 40.2 Å². The van der Waals surface area contributed by atoms with Crippen molar-refractivity contribution >= 4 is 5.69 Å². The number of nitrogens with zero attached hydrogens (tertiary/aromatic N) is 4. The number of alkyl halides is 3. The van der Waals surface area contributed by atoms with Crippen molar-refractivity contribution in [2.75, 3.05) is 31.1 Å². The summed E-state index contributed by atoms with van der Waals surface area (Å²) in [7, 11) is 0. The molecule has 0 aliphatic carbocycles. The number of halogens is 5. The van der Waals surface area contributed by atoms with E-state index in [0.717, 1.165) is 34.4 Å². The monoisotopic (exact) mass is 613 g/mol. The molecule has 0 radical (unpaired) electrons. The van der Waals surface area contributed by atoms with Crippen LogP contribution in [0.15, 0.2) is 82.4 Å². The van der Waals surface area contributed by atoms with E-state index in [9.17, 15) is 31.5 Å². The molecule has 12 heteroatoms. The van der Waals surface area contributed by atoms with Gasteiger partial charge in [-0.25, -0.2) is 13.6 Å². The summed E-state index contributed by atoms with van der Waals surface area (Å²) < 4.78 is 70.3. The zero-order valence-corrected chi connectivity index (χ0v) is 24.0. The smallest absolute Gasteiger partial charge is 0.363 e. The van der Waals surface area contributed by atoms with E-state index >= 15 is 0 Å². The molecule has 2 N–H and O–H groups in total. The number of anilines is 1. The molecule has 3 aromatic carbocycles. The van der Waals surface area contributed by atoms with Gasteiger partial charge in [0.1, 0.15) is 17.3 Å². The van der Waals surface area contributed by atoms with Gasteiger partial charge in [0.05, 0.1) is 18.7 Å². The molecule has 1 fully saturated rings. The fraction of sp³-hybridized carbons (Fsp3) is 0.312. The summed E-state index contributed by atoms with van der Waals surface area (Å²) in [6, 6.07) is 16.7. The third-order valence-corrected chi connectivity index (χ3v) is 8.02. The topological polar surface area (TPSA) is 76.5 Å². The number of hydrogen-bond donors (Lipinski definition) is 1.